The Hall–Kier alpha value is -3.46. The highest BCUT2D eigenvalue weighted by Gasteiger charge is 2.14. The molecule has 2 N–H and O–H groups in total. The smallest absolute Gasteiger partial charge is 0.388 e. The van der Waals surface area contributed by atoms with Crippen molar-refractivity contribution in [2.24, 2.45) is 0 Å². The third kappa shape index (κ3) is 4.59. The Morgan fingerprint density at radius 1 is 1.07 bits per heavy atom. The van der Waals surface area contributed by atoms with Crippen LogP contribution in [0.15, 0.2) is 57.7 Å². The lowest BCUT2D eigenvalue weighted by molar-refractivity contribution is -0.122. The van der Waals surface area contributed by atoms with Crippen LogP contribution in [-0.4, -0.2) is 21.6 Å². The Balaban J connectivity index is 1.61. The Kier molecular flexibility index (Phi) is 5.32. The summed E-state index contributed by atoms with van der Waals surface area (Å²) >= 11 is 5.73. The van der Waals surface area contributed by atoms with E-state index in [4.69, 9.17) is 16.0 Å². The molecule has 0 fully saturated rings. The second kappa shape index (κ2) is 7.83. The van der Waals surface area contributed by atoms with Crippen LogP contribution in [0, 0.1) is 5.82 Å². The van der Waals surface area contributed by atoms with E-state index in [9.17, 15) is 18.8 Å². The molecule has 10 heteroatoms. The number of rotatable bonds is 4. The third-order valence-corrected chi connectivity index (χ3v) is 3.66. The standard InChI is InChI=1S/C17H12ClFN4O4/c18-12-5-1-10(2-6-12)15(25)21-20-14(24)9-23-17(26)27-16(22-23)11-3-7-13(19)8-4-11/h1-8H,9H2,(H,20,24)(H,21,25). The second-order valence-electron chi connectivity index (χ2n) is 5.35. The van der Waals surface area contributed by atoms with Crippen LogP contribution in [0.25, 0.3) is 11.5 Å². The van der Waals surface area contributed by atoms with E-state index in [1.54, 1.807) is 0 Å². The van der Waals surface area contributed by atoms with Crippen molar-refractivity contribution in [3.05, 3.63) is 75.5 Å². The number of amides is 2. The summed E-state index contributed by atoms with van der Waals surface area (Å²) in [4.78, 5) is 35.6. The van der Waals surface area contributed by atoms with Gasteiger partial charge < -0.3 is 4.42 Å². The number of aromatic nitrogens is 2. The van der Waals surface area contributed by atoms with E-state index in [-0.39, 0.29) is 11.5 Å². The number of carbonyl (C=O) groups excluding carboxylic acids is 2. The first kappa shape index (κ1) is 18.3. The number of hydrogen-bond acceptors (Lipinski definition) is 5. The number of nitrogens with one attached hydrogen (secondary N) is 2. The Labute approximate surface area is 156 Å². The molecule has 0 spiro atoms. The molecule has 3 aromatic rings. The number of halogens is 2. The van der Waals surface area contributed by atoms with Gasteiger partial charge in [0.05, 0.1) is 0 Å². The molecule has 138 valence electrons. The Bertz CT molecular complexity index is 1030. The SMILES string of the molecule is O=C(Cn1nc(-c2ccc(F)cc2)oc1=O)NNC(=O)c1ccc(Cl)cc1. The average molecular weight is 391 g/mol. The summed E-state index contributed by atoms with van der Waals surface area (Å²) in [6.07, 6.45) is 0. The third-order valence-electron chi connectivity index (χ3n) is 3.41. The first-order chi connectivity index (χ1) is 12.9. The minimum Gasteiger partial charge on any atom is -0.388 e. The maximum atomic E-state index is 12.9. The molecule has 0 radical (unpaired) electrons. The molecular formula is C17H12ClFN4O4. The Morgan fingerprint density at radius 2 is 1.74 bits per heavy atom. The Morgan fingerprint density at radius 3 is 2.41 bits per heavy atom. The van der Waals surface area contributed by atoms with E-state index in [0.29, 0.717) is 10.6 Å². The predicted molar refractivity (Wildman–Crippen MR) is 93.2 cm³/mol. The lowest BCUT2D eigenvalue weighted by Gasteiger charge is -2.06. The summed E-state index contributed by atoms with van der Waals surface area (Å²) in [7, 11) is 0. The van der Waals surface area contributed by atoms with Crippen molar-refractivity contribution in [3.8, 4) is 11.5 Å². The van der Waals surface area contributed by atoms with Gasteiger partial charge in [0, 0.05) is 16.1 Å². The topological polar surface area (TPSA) is 106 Å². The summed E-state index contributed by atoms with van der Waals surface area (Å²) < 4.78 is 18.7. The summed E-state index contributed by atoms with van der Waals surface area (Å²) in [6.45, 7) is -0.482. The molecule has 3 rings (SSSR count). The van der Waals surface area contributed by atoms with Crippen molar-refractivity contribution in [1.29, 1.82) is 0 Å². The van der Waals surface area contributed by atoms with Crippen LogP contribution in [0.4, 0.5) is 4.39 Å². The van der Waals surface area contributed by atoms with Gasteiger partial charge in [-0.1, -0.05) is 11.6 Å². The molecule has 1 heterocycles. The van der Waals surface area contributed by atoms with Crippen molar-refractivity contribution in [3.63, 3.8) is 0 Å². The first-order valence-corrected chi connectivity index (χ1v) is 7.99. The number of benzene rings is 2. The molecule has 0 unspecified atom stereocenters. The predicted octanol–water partition coefficient (Wildman–Crippen LogP) is 1.76. The van der Waals surface area contributed by atoms with Gasteiger partial charge in [0.1, 0.15) is 12.4 Å². The molecule has 8 nitrogen and oxygen atoms in total. The summed E-state index contributed by atoms with van der Waals surface area (Å²) in [6, 6.07) is 11.2. The lowest BCUT2D eigenvalue weighted by Crippen LogP contribution is -2.44. The quantitative estimate of drug-likeness (QED) is 0.660. The average Bonchev–Trinajstić information content (AvgIpc) is 3.01. The fourth-order valence-electron chi connectivity index (χ4n) is 2.09. The van der Waals surface area contributed by atoms with E-state index in [1.807, 2.05) is 0 Å². The molecule has 0 aliphatic carbocycles. The number of carbonyl (C=O) groups is 2. The highest BCUT2D eigenvalue weighted by molar-refractivity contribution is 6.30. The van der Waals surface area contributed by atoms with Crippen LogP contribution in [0.5, 0.6) is 0 Å². The first-order valence-electron chi connectivity index (χ1n) is 7.61. The van der Waals surface area contributed by atoms with Crippen LogP contribution < -0.4 is 16.6 Å². The monoisotopic (exact) mass is 390 g/mol. The van der Waals surface area contributed by atoms with Gasteiger partial charge in [-0.25, -0.2) is 9.18 Å². The van der Waals surface area contributed by atoms with Gasteiger partial charge in [0.25, 0.3) is 11.8 Å². The number of hydrazine groups is 1. The van der Waals surface area contributed by atoms with Crippen molar-refractivity contribution >= 4 is 23.4 Å². The summed E-state index contributed by atoms with van der Waals surface area (Å²) in [5.41, 5.74) is 5.04. The van der Waals surface area contributed by atoms with Crippen LogP contribution in [0.1, 0.15) is 10.4 Å². The lowest BCUT2D eigenvalue weighted by atomic mass is 10.2. The van der Waals surface area contributed by atoms with Gasteiger partial charge in [-0.15, -0.1) is 5.10 Å². The maximum Gasteiger partial charge on any atom is 0.437 e. The molecule has 2 aromatic carbocycles. The second-order valence-corrected chi connectivity index (χ2v) is 5.78. The minimum absolute atomic E-state index is 0.0574. The molecular weight excluding hydrogens is 379 g/mol. The molecule has 0 aliphatic rings. The van der Waals surface area contributed by atoms with E-state index in [0.717, 1.165) is 4.68 Å². The number of hydrogen-bond donors (Lipinski definition) is 2. The van der Waals surface area contributed by atoms with Crippen molar-refractivity contribution in [1.82, 2.24) is 20.6 Å². The molecule has 0 bridgehead atoms. The van der Waals surface area contributed by atoms with Gasteiger partial charge in [0.15, 0.2) is 0 Å². The highest BCUT2D eigenvalue weighted by Crippen LogP contribution is 2.15. The van der Waals surface area contributed by atoms with E-state index < -0.39 is 29.9 Å². The van der Waals surface area contributed by atoms with Crippen LogP contribution in [-0.2, 0) is 11.3 Å². The summed E-state index contributed by atoms with van der Waals surface area (Å²) in [5, 5.41) is 4.34. The largest absolute Gasteiger partial charge is 0.437 e. The van der Waals surface area contributed by atoms with Crippen molar-refractivity contribution in [2.45, 2.75) is 6.54 Å². The van der Waals surface area contributed by atoms with E-state index >= 15 is 0 Å². The zero-order valence-electron chi connectivity index (χ0n) is 13.6. The summed E-state index contributed by atoms with van der Waals surface area (Å²) in [5.74, 6) is -2.62. The molecule has 27 heavy (non-hydrogen) atoms. The van der Waals surface area contributed by atoms with E-state index in [2.05, 4.69) is 16.0 Å². The molecule has 0 saturated carbocycles. The van der Waals surface area contributed by atoms with Crippen LogP contribution >= 0.6 is 11.6 Å². The van der Waals surface area contributed by atoms with Crippen molar-refractivity contribution in [2.75, 3.05) is 0 Å². The fourth-order valence-corrected chi connectivity index (χ4v) is 2.22. The molecule has 1 aromatic heterocycles. The van der Waals surface area contributed by atoms with E-state index in [1.165, 1.54) is 48.5 Å². The minimum atomic E-state index is -0.867. The zero-order valence-corrected chi connectivity index (χ0v) is 14.4. The molecule has 0 saturated heterocycles. The normalized spacial score (nSPS) is 10.4. The highest BCUT2D eigenvalue weighted by atomic mass is 35.5. The molecule has 0 aliphatic heterocycles. The number of nitrogens with zero attached hydrogens (tertiary/aromatic N) is 2. The van der Waals surface area contributed by atoms with Crippen molar-refractivity contribution < 1.29 is 18.4 Å². The maximum absolute atomic E-state index is 12.9. The molecule has 2 amide bonds. The molecule has 0 atom stereocenters. The van der Waals surface area contributed by atoms with Gasteiger partial charge in [-0.2, -0.15) is 4.68 Å². The van der Waals surface area contributed by atoms with Crippen LogP contribution in [0.3, 0.4) is 0 Å². The van der Waals surface area contributed by atoms with Gasteiger partial charge in [0.2, 0.25) is 5.89 Å². The van der Waals surface area contributed by atoms with Crippen LogP contribution in [0.2, 0.25) is 5.02 Å². The van der Waals surface area contributed by atoms with Gasteiger partial charge in [-0.3, -0.25) is 20.4 Å². The van der Waals surface area contributed by atoms with Gasteiger partial charge in [-0.05, 0) is 48.5 Å². The fraction of sp³-hybridized carbons (Fsp3) is 0.0588. The van der Waals surface area contributed by atoms with Gasteiger partial charge >= 0.3 is 5.76 Å². The zero-order chi connectivity index (χ0) is 19.4.